The minimum Gasteiger partial charge on any atom is -0.366 e. The second-order valence-corrected chi connectivity index (χ2v) is 4.52. The van der Waals surface area contributed by atoms with Crippen molar-refractivity contribution in [3.8, 4) is 11.4 Å². The molecule has 0 saturated heterocycles. The lowest BCUT2D eigenvalue weighted by Gasteiger charge is -1.97. The van der Waals surface area contributed by atoms with Crippen LogP contribution in [0.4, 0.5) is 0 Å². The first-order valence-corrected chi connectivity index (χ1v) is 6.22. The van der Waals surface area contributed by atoms with E-state index in [9.17, 15) is 4.79 Å². The van der Waals surface area contributed by atoms with E-state index in [0.29, 0.717) is 23.7 Å². The molecule has 8 heteroatoms. The van der Waals surface area contributed by atoms with Crippen molar-refractivity contribution in [2.45, 2.75) is 13.5 Å². The van der Waals surface area contributed by atoms with Crippen LogP contribution in [-0.4, -0.2) is 31.3 Å². The summed E-state index contributed by atoms with van der Waals surface area (Å²) in [5.41, 5.74) is 7.17. The van der Waals surface area contributed by atoms with Crippen LogP contribution >= 0.6 is 0 Å². The zero-order chi connectivity index (χ0) is 14.8. The molecule has 0 saturated carbocycles. The van der Waals surface area contributed by atoms with Crippen LogP contribution in [0.25, 0.3) is 11.4 Å². The highest BCUT2D eigenvalue weighted by atomic mass is 16.5. The Bertz CT molecular complexity index is 774. The van der Waals surface area contributed by atoms with Gasteiger partial charge in [0.15, 0.2) is 5.76 Å². The number of aromatic nitrogens is 5. The fraction of sp³-hybridized carbons (Fsp3) is 0.154. The summed E-state index contributed by atoms with van der Waals surface area (Å²) in [6.07, 6.45) is 0. The molecule has 3 rings (SSSR count). The Kier molecular flexibility index (Phi) is 3.19. The first-order chi connectivity index (χ1) is 10.1. The van der Waals surface area contributed by atoms with Crippen LogP contribution in [0.3, 0.4) is 0 Å². The predicted octanol–water partition coefficient (Wildman–Crippen LogP) is 0.784. The molecule has 0 bridgehead atoms. The number of hydrogen-bond donors (Lipinski definition) is 1. The number of nitrogens with zero attached hydrogens (tertiary/aromatic N) is 5. The summed E-state index contributed by atoms with van der Waals surface area (Å²) in [4.78, 5) is 12.4. The van der Waals surface area contributed by atoms with Gasteiger partial charge in [-0.25, -0.2) is 0 Å². The molecule has 0 spiro atoms. The van der Waals surface area contributed by atoms with Crippen molar-refractivity contribution in [2.24, 2.45) is 5.73 Å². The molecule has 0 aliphatic rings. The fourth-order valence-electron chi connectivity index (χ4n) is 1.84. The number of aryl methyl sites for hydroxylation is 1. The number of tetrazole rings is 1. The van der Waals surface area contributed by atoms with Crippen LogP contribution in [-0.2, 0) is 6.54 Å². The van der Waals surface area contributed by atoms with E-state index in [1.807, 2.05) is 13.0 Å². The van der Waals surface area contributed by atoms with Crippen molar-refractivity contribution in [3.05, 3.63) is 47.3 Å². The second-order valence-electron chi connectivity index (χ2n) is 4.52. The molecule has 0 atom stereocenters. The van der Waals surface area contributed by atoms with E-state index >= 15 is 0 Å². The summed E-state index contributed by atoms with van der Waals surface area (Å²) in [6, 6.07) is 8.50. The molecule has 1 amide bonds. The smallest absolute Gasteiger partial charge is 0.248 e. The third-order valence-corrected chi connectivity index (χ3v) is 2.85. The number of benzene rings is 1. The maximum absolute atomic E-state index is 11.0. The molecule has 2 heterocycles. The molecule has 106 valence electrons. The molecule has 0 unspecified atom stereocenters. The lowest BCUT2D eigenvalue weighted by atomic mass is 10.1. The third-order valence-electron chi connectivity index (χ3n) is 2.85. The van der Waals surface area contributed by atoms with Crippen LogP contribution in [0.15, 0.2) is 34.9 Å². The van der Waals surface area contributed by atoms with Gasteiger partial charge in [0.2, 0.25) is 11.7 Å². The maximum Gasteiger partial charge on any atom is 0.248 e. The SMILES string of the molecule is Cc1cc(Cn2nnc(-c3ccc(C(N)=O)cc3)n2)on1. The van der Waals surface area contributed by atoms with Crippen LogP contribution in [0.5, 0.6) is 0 Å². The molecule has 3 aromatic rings. The van der Waals surface area contributed by atoms with Crippen molar-refractivity contribution in [3.63, 3.8) is 0 Å². The summed E-state index contributed by atoms with van der Waals surface area (Å²) in [5, 5.41) is 16.0. The highest BCUT2D eigenvalue weighted by molar-refractivity contribution is 5.93. The van der Waals surface area contributed by atoms with Crippen molar-refractivity contribution in [1.82, 2.24) is 25.4 Å². The molecule has 8 nitrogen and oxygen atoms in total. The molecule has 0 radical (unpaired) electrons. The number of hydrogen-bond acceptors (Lipinski definition) is 6. The van der Waals surface area contributed by atoms with Gasteiger partial charge in [-0.15, -0.1) is 10.2 Å². The Morgan fingerprint density at radius 1 is 1.33 bits per heavy atom. The topological polar surface area (TPSA) is 113 Å². The fourth-order valence-corrected chi connectivity index (χ4v) is 1.84. The lowest BCUT2D eigenvalue weighted by Crippen LogP contribution is -2.10. The average molecular weight is 284 g/mol. The van der Waals surface area contributed by atoms with Gasteiger partial charge in [-0.05, 0) is 24.3 Å². The van der Waals surface area contributed by atoms with Crippen molar-refractivity contribution < 1.29 is 9.32 Å². The number of primary amides is 1. The Hall–Kier alpha value is -3.03. The minimum atomic E-state index is -0.473. The van der Waals surface area contributed by atoms with Crippen LogP contribution in [0, 0.1) is 6.92 Å². The first-order valence-electron chi connectivity index (χ1n) is 6.22. The quantitative estimate of drug-likeness (QED) is 0.757. The Labute approximate surface area is 119 Å². The van der Waals surface area contributed by atoms with Crippen molar-refractivity contribution in [2.75, 3.05) is 0 Å². The van der Waals surface area contributed by atoms with Gasteiger partial charge in [0.25, 0.3) is 0 Å². The van der Waals surface area contributed by atoms with Gasteiger partial charge in [-0.3, -0.25) is 4.79 Å². The normalized spacial score (nSPS) is 10.7. The molecule has 2 aromatic heterocycles. The standard InChI is InChI=1S/C13H12N6O2/c1-8-6-11(21-17-8)7-19-16-13(15-18-19)10-4-2-9(3-5-10)12(14)20/h2-6H,7H2,1H3,(H2,14,20). The summed E-state index contributed by atoms with van der Waals surface area (Å²) in [7, 11) is 0. The lowest BCUT2D eigenvalue weighted by molar-refractivity contribution is 0.100. The second kappa shape index (κ2) is 5.16. The van der Waals surface area contributed by atoms with Gasteiger partial charge < -0.3 is 10.3 Å². The number of carbonyl (C=O) groups excluding carboxylic acids is 1. The van der Waals surface area contributed by atoms with Crippen molar-refractivity contribution >= 4 is 5.91 Å². The molecule has 0 aliphatic heterocycles. The van der Waals surface area contributed by atoms with E-state index in [1.165, 1.54) is 4.80 Å². The number of carbonyl (C=O) groups is 1. The molecule has 0 fully saturated rings. The number of amides is 1. The van der Waals surface area contributed by atoms with Crippen molar-refractivity contribution in [1.29, 1.82) is 0 Å². The van der Waals surface area contributed by atoms with E-state index in [1.54, 1.807) is 24.3 Å². The average Bonchev–Trinajstić information content (AvgIpc) is 3.09. The summed E-state index contributed by atoms with van der Waals surface area (Å²) in [5.74, 6) is 0.640. The van der Waals surface area contributed by atoms with Crippen LogP contribution < -0.4 is 5.73 Å². The molecular formula is C13H12N6O2. The summed E-state index contributed by atoms with van der Waals surface area (Å²) in [6.45, 7) is 2.20. The van der Waals surface area contributed by atoms with E-state index < -0.39 is 5.91 Å². The zero-order valence-corrected chi connectivity index (χ0v) is 11.2. The monoisotopic (exact) mass is 284 g/mol. The number of rotatable bonds is 4. The molecule has 21 heavy (non-hydrogen) atoms. The van der Waals surface area contributed by atoms with Gasteiger partial charge in [-0.1, -0.05) is 17.3 Å². The number of nitrogens with two attached hydrogens (primary N) is 1. The predicted molar refractivity (Wildman–Crippen MR) is 72.1 cm³/mol. The largest absolute Gasteiger partial charge is 0.366 e. The summed E-state index contributed by atoms with van der Waals surface area (Å²) < 4.78 is 5.10. The maximum atomic E-state index is 11.0. The van der Waals surface area contributed by atoms with E-state index in [0.717, 1.165) is 11.3 Å². The third kappa shape index (κ3) is 2.78. The van der Waals surface area contributed by atoms with E-state index in [-0.39, 0.29) is 0 Å². The molecule has 0 aliphatic carbocycles. The van der Waals surface area contributed by atoms with Gasteiger partial charge in [0, 0.05) is 17.2 Å². The molecular weight excluding hydrogens is 272 g/mol. The van der Waals surface area contributed by atoms with Crippen LogP contribution in [0.2, 0.25) is 0 Å². The molecule has 2 N–H and O–H groups in total. The molecule has 1 aromatic carbocycles. The van der Waals surface area contributed by atoms with Crippen LogP contribution in [0.1, 0.15) is 21.8 Å². The highest BCUT2D eigenvalue weighted by Gasteiger charge is 2.09. The Morgan fingerprint density at radius 2 is 2.10 bits per heavy atom. The van der Waals surface area contributed by atoms with E-state index in [4.69, 9.17) is 10.3 Å². The highest BCUT2D eigenvalue weighted by Crippen LogP contribution is 2.14. The van der Waals surface area contributed by atoms with Gasteiger partial charge in [-0.2, -0.15) is 4.80 Å². The minimum absolute atomic E-state index is 0.354. The zero-order valence-electron chi connectivity index (χ0n) is 11.2. The van der Waals surface area contributed by atoms with Gasteiger partial charge >= 0.3 is 0 Å². The van der Waals surface area contributed by atoms with Gasteiger partial charge in [0.05, 0.1) is 5.69 Å². The Morgan fingerprint density at radius 3 is 2.71 bits per heavy atom. The van der Waals surface area contributed by atoms with E-state index in [2.05, 4.69) is 20.6 Å². The first kappa shape index (κ1) is 13.0. The van der Waals surface area contributed by atoms with Gasteiger partial charge in [0.1, 0.15) is 6.54 Å². The summed E-state index contributed by atoms with van der Waals surface area (Å²) >= 11 is 0. The Balaban J connectivity index is 1.79.